The molecule has 0 fully saturated rings. The third kappa shape index (κ3) is 7.27. The second kappa shape index (κ2) is 12.8. The van der Waals surface area contributed by atoms with E-state index in [0.717, 1.165) is 17.2 Å². The lowest BCUT2D eigenvalue weighted by Crippen LogP contribution is -2.18. The predicted octanol–water partition coefficient (Wildman–Crippen LogP) is 2.57. The number of carboxylic acids is 1. The number of nitrogen functional groups attached to an aromatic ring is 1. The summed E-state index contributed by atoms with van der Waals surface area (Å²) in [6.45, 7) is -1.95. The fraction of sp³-hybridized carbons (Fsp3) is 0.231. The van der Waals surface area contributed by atoms with Gasteiger partial charge in [-0.25, -0.2) is 14.8 Å². The van der Waals surface area contributed by atoms with Crippen LogP contribution in [0.4, 0.5) is 8.78 Å². The number of hydrogen-bond acceptors (Lipinski definition) is 9. The Labute approximate surface area is 231 Å². The molecule has 5 rings (SSSR count). The van der Waals surface area contributed by atoms with E-state index < -0.39 is 24.2 Å². The zero-order valence-corrected chi connectivity index (χ0v) is 21.6. The maximum Gasteiger partial charge on any atom is 0.387 e. The number of nitrogens with two attached hydrogens (primary N) is 1. The van der Waals surface area contributed by atoms with Gasteiger partial charge in [0.1, 0.15) is 11.7 Å². The Bertz CT molecular complexity index is 1570. The summed E-state index contributed by atoms with van der Waals surface area (Å²) in [4.78, 5) is 32.6. The molecule has 2 aromatic carbocycles. The maximum atomic E-state index is 13.2. The third-order valence-electron chi connectivity index (χ3n) is 5.73. The van der Waals surface area contributed by atoms with Gasteiger partial charge in [0.15, 0.2) is 18.3 Å². The van der Waals surface area contributed by atoms with Gasteiger partial charge in [-0.2, -0.15) is 8.78 Å². The van der Waals surface area contributed by atoms with Gasteiger partial charge in [-0.1, -0.05) is 24.3 Å². The summed E-state index contributed by atoms with van der Waals surface area (Å²) >= 11 is 0. The Morgan fingerprint density at radius 1 is 1.24 bits per heavy atom. The monoisotopic (exact) mass is 569 g/mol. The molecule has 0 spiro atoms. The molecule has 1 atom stereocenters. The van der Waals surface area contributed by atoms with Crippen molar-refractivity contribution in [2.24, 2.45) is 5.73 Å². The lowest BCUT2D eigenvalue weighted by molar-refractivity contribution is -0.134. The fourth-order valence-corrected chi connectivity index (χ4v) is 4.05. The van der Waals surface area contributed by atoms with Crippen molar-refractivity contribution in [1.82, 2.24) is 24.7 Å². The summed E-state index contributed by atoms with van der Waals surface area (Å²) in [5.41, 5.74) is 7.43. The van der Waals surface area contributed by atoms with Crippen LogP contribution in [0.1, 0.15) is 40.9 Å². The van der Waals surface area contributed by atoms with Crippen LogP contribution in [0.2, 0.25) is 0 Å². The summed E-state index contributed by atoms with van der Waals surface area (Å²) in [5.74, 6) is -1.14. The highest BCUT2D eigenvalue weighted by atomic mass is 19.3. The summed E-state index contributed by atoms with van der Waals surface area (Å²) in [7, 11) is 0. The van der Waals surface area contributed by atoms with Crippen LogP contribution in [-0.4, -0.2) is 55.0 Å². The first kappa shape index (κ1) is 28.8. The number of alkyl halides is 2. The topological polar surface area (TPSA) is 191 Å². The predicted molar refractivity (Wildman–Crippen MR) is 139 cm³/mol. The highest BCUT2D eigenvalue weighted by molar-refractivity contribution is 5.94. The molecule has 13 nitrogen and oxygen atoms in total. The summed E-state index contributed by atoms with van der Waals surface area (Å²) < 4.78 is 43.0. The molecule has 1 aliphatic rings. The molecule has 0 radical (unpaired) electrons. The molecule has 1 unspecified atom stereocenters. The van der Waals surface area contributed by atoms with Crippen molar-refractivity contribution in [2.45, 2.75) is 32.5 Å². The molecule has 0 saturated heterocycles. The number of hydrogen-bond donors (Lipinski definition) is 4. The molecular weight excluding hydrogens is 544 g/mol. The Balaban J connectivity index is 0.000000909. The Morgan fingerprint density at radius 2 is 1.93 bits per heavy atom. The van der Waals surface area contributed by atoms with Crippen LogP contribution in [0.5, 0.6) is 11.5 Å². The number of fused-ring (bicyclic) bond motifs is 1. The molecular formula is C26H25F2N7O6. The van der Waals surface area contributed by atoms with Gasteiger partial charge in [-0.3, -0.25) is 15.2 Å². The van der Waals surface area contributed by atoms with Gasteiger partial charge < -0.3 is 25.1 Å². The molecule has 2 aromatic heterocycles. The number of aliphatic carboxylic acids is 1. The zero-order valence-electron chi connectivity index (χ0n) is 21.6. The second-order valence-electron chi connectivity index (χ2n) is 8.66. The van der Waals surface area contributed by atoms with Crippen LogP contribution in [-0.2, 0) is 22.6 Å². The van der Waals surface area contributed by atoms with E-state index >= 15 is 0 Å². The van der Waals surface area contributed by atoms with E-state index in [1.165, 1.54) is 18.5 Å². The molecule has 3 heterocycles. The minimum absolute atomic E-state index is 0.0717. The average molecular weight is 570 g/mol. The molecule has 4 aromatic rings. The van der Waals surface area contributed by atoms with Gasteiger partial charge in [0.2, 0.25) is 0 Å². The van der Waals surface area contributed by atoms with E-state index in [1.54, 1.807) is 36.4 Å². The molecule has 41 heavy (non-hydrogen) atoms. The highest BCUT2D eigenvalue weighted by Crippen LogP contribution is 2.40. The van der Waals surface area contributed by atoms with Crippen molar-refractivity contribution in [3.63, 3.8) is 0 Å². The standard InChI is InChI=1S/C24H21F2N7O4.C2H4O2/c25-22(26)37-18-10-15(9-16-11-35-12-36-19(16)18)17(8-13-2-4-14(5-3-13)20(27)28)21-31-24(34)33(32-21)23-29-6-1-7-30-23;1-2(3)4/h1-7,9-10,17,22H,8,11-12H2,(H3,27,28)(H,31,32,34);1H3,(H,3,4). The van der Waals surface area contributed by atoms with Gasteiger partial charge in [0.05, 0.1) is 6.61 Å². The van der Waals surface area contributed by atoms with Crippen molar-refractivity contribution in [1.29, 1.82) is 5.41 Å². The van der Waals surface area contributed by atoms with E-state index in [4.69, 9.17) is 35.3 Å². The second-order valence-corrected chi connectivity index (χ2v) is 8.66. The van der Waals surface area contributed by atoms with Crippen molar-refractivity contribution in [2.75, 3.05) is 6.79 Å². The molecule has 0 amide bonds. The van der Waals surface area contributed by atoms with Crippen LogP contribution < -0.4 is 20.9 Å². The largest absolute Gasteiger partial charge is 0.481 e. The van der Waals surface area contributed by atoms with Crippen molar-refractivity contribution >= 4 is 11.8 Å². The molecule has 1 aliphatic heterocycles. The Hall–Kier alpha value is -5.18. The quantitative estimate of drug-likeness (QED) is 0.181. The number of benzene rings is 2. The fourth-order valence-electron chi connectivity index (χ4n) is 4.05. The number of rotatable bonds is 8. The third-order valence-corrected chi connectivity index (χ3v) is 5.73. The average Bonchev–Trinajstić information content (AvgIpc) is 3.33. The van der Waals surface area contributed by atoms with Crippen LogP contribution in [0.3, 0.4) is 0 Å². The number of carboxylic acid groups (broad SMARTS) is 1. The van der Waals surface area contributed by atoms with Crippen molar-refractivity contribution in [3.8, 4) is 17.4 Å². The zero-order chi connectivity index (χ0) is 29.5. The number of carbonyl (C=O) groups is 1. The number of nitrogens with zero attached hydrogens (tertiary/aromatic N) is 4. The highest BCUT2D eigenvalue weighted by Gasteiger charge is 2.27. The van der Waals surface area contributed by atoms with Crippen molar-refractivity contribution < 1.29 is 32.9 Å². The molecule has 214 valence electrons. The molecule has 5 N–H and O–H groups in total. The first-order chi connectivity index (χ1) is 19.6. The van der Waals surface area contributed by atoms with Crippen molar-refractivity contribution in [3.05, 3.63) is 93.4 Å². The molecule has 0 bridgehead atoms. The Kier molecular flexibility index (Phi) is 8.98. The van der Waals surface area contributed by atoms with Gasteiger partial charge in [-0.15, -0.1) is 9.78 Å². The lowest BCUT2D eigenvalue weighted by atomic mass is 9.89. The number of amidine groups is 1. The van der Waals surface area contributed by atoms with E-state index in [1.807, 2.05) is 0 Å². The van der Waals surface area contributed by atoms with Crippen LogP contribution in [0.25, 0.3) is 5.95 Å². The SMILES string of the molecule is CC(=O)O.N=C(N)c1ccc(CC(c2cc3c(c(OC(F)F)c2)OCOC3)c2nn(-c3ncccn3)c(=O)[nH]2)cc1. The number of H-pyrrole nitrogens is 1. The number of aromatic amines is 1. The summed E-state index contributed by atoms with van der Waals surface area (Å²) in [5, 5.41) is 19.4. The number of nitrogens with one attached hydrogen (secondary N) is 2. The van der Waals surface area contributed by atoms with E-state index in [0.29, 0.717) is 23.1 Å². The van der Waals surface area contributed by atoms with E-state index in [9.17, 15) is 13.6 Å². The Morgan fingerprint density at radius 3 is 2.56 bits per heavy atom. The normalized spacial score (nSPS) is 12.9. The molecule has 0 aliphatic carbocycles. The minimum atomic E-state index is -3.07. The van der Waals surface area contributed by atoms with Gasteiger partial charge in [0.25, 0.3) is 11.9 Å². The summed E-state index contributed by atoms with van der Waals surface area (Å²) in [6.07, 6.45) is 3.28. The summed E-state index contributed by atoms with van der Waals surface area (Å²) in [6, 6.07) is 11.8. The smallest absolute Gasteiger partial charge is 0.387 e. The van der Waals surface area contributed by atoms with Crippen LogP contribution in [0.15, 0.2) is 59.7 Å². The first-order valence-corrected chi connectivity index (χ1v) is 12.0. The molecule has 0 saturated carbocycles. The minimum Gasteiger partial charge on any atom is -0.481 e. The van der Waals surface area contributed by atoms with Gasteiger partial charge >= 0.3 is 12.3 Å². The van der Waals surface area contributed by atoms with Crippen LogP contribution in [0, 0.1) is 5.41 Å². The van der Waals surface area contributed by atoms with Gasteiger partial charge in [-0.05, 0) is 35.7 Å². The van der Waals surface area contributed by atoms with Gasteiger partial charge in [0, 0.05) is 36.4 Å². The number of halogens is 2. The maximum absolute atomic E-state index is 13.2. The van der Waals surface area contributed by atoms with E-state index in [2.05, 4.69) is 20.1 Å². The number of ether oxygens (including phenoxy) is 3. The number of aromatic nitrogens is 5. The molecule has 15 heteroatoms. The lowest BCUT2D eigenvalue weighted by Gasteiger charge is -2.24. The van der Waals surface area contributed by atoms with E-state index in [-0.39, 0.29) is 42.5 Å². The first-order valence-electron chi connectivity index (χ1n) is 12.0. The van der Waals surface area contributed by atoms with Crippen LogP contribution >= 0.6 is 0 Å².